The molecule has 2 aromatic rings. The smallest absolute Gasteiger partial charge is 0.269 e. The number of hydrogen-bond acceptors (Lipinski definition) is 4. The topological polar surface area (TPSA) is 87.3 Å². The van der Waals surface area contributed by atoms with E-state index < -0.39 is 5.91 Å². The number of amides is 3. The van der Waals surface area contributed by atoms with Crippen LogP contribution in [0.4, 0.5) is 0 Å². The third-order valence-corrected chi connectivity index (χ3v) is 4.66. The molecule has 8 heteroatoms. The lowest BCUT2D eigenvalue weighted by Crippen LogP contribution is -2.42. The minimum absolute atomic E-state index is 0.147. The summed E-state index contributed by atoms with van der Waals surface area (Å²) in [7, 11) is 0. The molecule has 0 fully saturated rings. The number of benzene rings is 2. The molecule has 0 aliphatic rings. The molecule has 2 rings (SSSR count). The van der Waals surface area contributed by atoms with Crippen molar-refractivity contribution in [2.45, 2.75) is 31.2 Å². The predicted molar refractivity (Wildman–Crippen MR) is 111 cm³/mol. The first-order chi connectivity index (χ1) is 13.1. The van der Waals surface area contributed by atoms with E-state index in [4.69, 9.17) is 11.6 Å². The second-order valence-corrected chi connectivity index (χ2v) is 8.51. The molecular weight excluding hydrogens is 398 g/mol. The molecule has 0 radical (unpaired) electrons. The van der Waals surface area contributed by atoms with E-state index in [1.165, 1.54) is 23.9 Å². The quantitative estimate of drug-likeness (QED) is 0.512. The molecule has 0 aromatic heterocycles. The van der Waals surface area contributed by atoms with Crippen LogP contribution < -0.4 is 16.2 Å². The standard InChI is InChI=1S/C20H22ClN3O3S/c1-20(2,3)22-18(26)13-4-6-14(7-5-13)19(27)24-23-17(25)12-28-16-10-8-15(21)9-11-16/h4-11H,12H2,1-3H3,(H,22,26)(H,23,25)(H,24,27). The second kappa shape index (κ2) is 9.61. The Morgan fingerprint density at radius 3 is 1.93 bits per heavy atom. The van der Waals surface area contributed by atoms with Gasteiger partial charge >= 0.3 is 0 Å². The summed E-state index contributed by atoms with van der Waals surface area (Å²) in [5.74, 6) is -0.873. The molecule has 0 aliphatic carbocycles. The fourth-order valence-electron chi connectivity index (χ4n) is 2.10. The average molecular weight is 420 g/mol. The third kappa shape index (κ3) is 7.25. The number of carbonyl (C=O) groups excluding carboxylic acids is 3. The summed E-state index contributed by atoms with van der Waals surface area (Å²) in [5.41, 5.74) is 5.16. The van der Waals surface area contributed by atoms with Crippen molar-refractivity contribution >= 4 is 41.1 Å². The van der Waals surface area contributed by atoms with Crippen molar-refractivity contribution in [3.63, 3.8) is 0 Å². The first kappa shape index (κ1) is 21.8. The van der Waals surface area contributed by atoms with E-state index in [-0.39, 0.29) is 23.1 Å². The van der Waals surface area contributed by atoms with Gasteiger partial charge in [0, 0.05) is 26.6 Å². The van der Waals surface area contributed by atoms with Gasteiger partial charge in [0.2, 0.25) is 5.91 Å². The lowest BCUT2D eigenvalue weighted by atomic mass is 10.1. The molecule has 0 spiro atoms. The second-order valence-electron chi connectivity index (χ2n) is 7.03. The van der Waals surface area contributed by atoms with Gasteiger partial charge in [0.05, 0.1) is 5.75 Å². The molecular formula is C20H22ClN3O3S. The van der Waals surface area contributed by atoms with Crippen LogP contribution in [0.15, 0.2) is 53.4 Å². The van der Waals surface area contributed by atoms with Gasteiger partial charge in [-0.3, -0.25) is 25.2 Å². The van der Waals surface area contributed by atoms with Gasteiger partial charge < -0.3 is 5.32 Å². The Hall–Kier alpha value is -2.51. The van der Waals surface area contributed by atoms with Crippen LogP contribution in [0, 0.1) is 0 Å². The molecule has 0 aliphatic heterocycles. The number of thioether (sulfide) groups is 1. The Bertz CT molecular complexity index is 846. The van der Waals surface area contributed by atoms with Crippen LogP contribution in [0.2, 0.25) is 5.02 Å². The zero-order chi connectivity index (χ0) is 20.7. The van der Waals surface area contributed by atoms with Crippen LogP contribution >= 0.6 is 23.4 Å². The van der Waals surface area contributed by atoms with Gasteiger partial charge in [0.25, 0.3) is 11.8 Å². The zero-order valence-electron chi connectivity index (χ0n) is 15.8. The number of hydrazine groups is 1. The lowest BCUT2D eigenvalue weighted by molar-refractivity contribution is -0.119. The van der Waals surface area contributed by atoms with Crippen molar-refractivity contribution in [3.8, 4) is 0 Å². The maximum absolute atomic E-state index is 12.1. The highest BCUT2D eigenvalue weighted by Crippen LogP contribution is 2.19. The summed E-state index contributed by atoms with van der Waals surface area (Å²) in [5, 5.41) is 3.48. The zero-order valence-corrected chi connectivity index (χ0v) is 17.4. The summed E-state index contributed by atoms with van der Waals surface area (Å²) in [4.78, 5) is 37.0. The normalized spacial score (nSPS) is 10.9. The van der Waals surface area contributed by atoms with Crippen molar-refractivity contribution < 1.29 is 14.4 Å². The molecule has 28 heavy (non-hydrogen) atoms. The molecule has 0 heterocycles. The Labute approximate surface area is 173 Å². The highest BCUT2D eigenvalue weighted by atomic mass is 35.5. The van der Waals surface area contributed by atoms with Gasteiger partial charge in [-0.1, -0.05) is 11.6 Å². The van der Waals surface area contributed by atoms with Crippen molar-refractivity contribution in [1.29, 1.82) is 0 Å². The highest BCUT2D eigenvalue weighted by Gasteiger charge is 2.16. The number of halogens is 1. The molecule has 2 aromatic carbocycles. The molecule has 0 saturated carbocycles. The first-order valence-corrected chi connectivity index (χ1v) is 9.90. The molecule has 0 unspecified atom stereocenters. The van der Waals surface area contributed by atoms with Crippen molar-refractivity contribution in [2.24, 2.45) is 0 Å². The maximum atomic E-state index is 12.1. The lowest BCUT2D eigenvalue weighted by Gasteiger charge is -2.20. The van der Waals surface area contributed by atoms with Gasteiger partial charge in [-0.15, -0.1) is 11.8 Å². The van der Waals surface area contributed by atoms with Gasteiger partial charge in [0.1, 0.15) is 0 Å². The Morgan fingerprint density at radius 2 is 1.39 bits per heavy atom. The number of hydrogen-bond donors (Lipinski definition) is 3. The third-order valence-electron chi connectivity index (χ3n) is 3.40. The molecule has 0 saturated heterocycles. The van der Waals surface area contributed by atoms with E-state index in [0.717, 1.165) is 4.90 Å². The van der Waals surface area contributed by atoms with Gasteiger partial charge in [-0.25, -0.2) is 0 Å². The summed E-state index contributed by atoms with van der Waals surface area (Å²) >= 11 is 7.14. The predicted octanol–water partition coefficient (Wildman–Crippen LogP) is 3.42. The SMILES string of the molecule is CC(C)(C)NC(=O)c1ccc(C(=O)NNC(=O)CSc2ccc(Cl)cc2)cc1. The Kier molecular flexibility index (Phi) is 7.48. The van der Waals surface area contributed by atoms with Crippen molar-refractivity contribution in [3.05, 3.63) is 64.7 Å². The van der Waals surface area contributed by atoms with Gasteiger partial charge in [-0.2, -0.15) is 0 Å². The van der Waals surface area contributed by atoms with Crippen LogP contribution in [-0.4, -0.2) is 29.0 Å². The first-order valence-electron chi connectivity index (χ1n) is 8.54. The fraction of sp³-hybridized carbons (Fsp3) is 0.250. The van der Waals surface area contributed by atoms with Crippen LogP contribution in [-0.2, 0) is 4.79 Å². The molecule has 3 amide bonds. The van der Waals surface area contributed by atoms with E-state index in [9.17, 15) is 14.4 Å². The van der Waals surface area contributed by atoms with E-state index in [2.05, 4.69) is 16.2 Å². The van der Waals surface area contributed by atoms with E-state index in [1.807, 2.05) is 32.9 Å². The van der Waals surface area contributed by atoms with Crippen molar-refractivity contribution in [2.75, 3.05) is 5.75 Å². The largest absolute Gasteiger partial charge is 0.347 e. The Morgan fingerprint density at radius 1 is 0.857 bits per heavy atom. The molecule has 3 N–H and O–H groups in total. The Balaban J connectivity index is 1.81. The van der Waals surface area contributed by atoms with E-state index in [0.29, 0.717) is 16.1 Å². The maximum Gasteiger partial charge on any atom is 0.269 e. The minimum atomic E-state index is -0.465. The summed E-state index contributed by atoms with van der Waals surface area (Å²) in [6.45, 7) is 5.67. The molecule has 0 atom stereocenters. The molecule has 148 valence electrons. The van der Waals surface area contributed by atoms with Crippen molar-refractivity contribution in [1.82, 2.24) is 16.2 Å². The number of rotatable bonds is 5. The van der Waals surface area contributed by atoms with Crippen LogP contribution in [0.25, 0.3) is 0 Å². The van der Waals surface area contributed by atoms with E-state index >= 15 is 0 Å². The number of carbonyl (C=O) groups is 3. The van der Waals surface area contributed by atoms with Gasteiger partial charge in [-0.05, 0) is 69.3 Å². The highest BCUT2D eigenvalue weighted by molar-refractivity contribution is 8.00. The fourth-order valence-corrected chi connectivity index (χ4v) is 2.92. The van der Waals surface area contributed by atoms with Gasteiger partial charge in [0.15, 0.2) is 0 Å². The van der Waals surface area contributed by atoms with E-state index in [1.54, 1.807) is 24.3 Å². The monoisotopic (exact) mass is 419 g/mol. The van der Waals surface area contributed by atoms with Crippen LogP contribution in [0.1, 0.15) is 41.5 Å². The summed E-state index contributed by atoms with van der Waals surface area (Å²) < 4.78 is 0. The van der Waals surface area contributed by atoms with Crippen LogP contribution in [0.5, 0.6) is 0 Å². The molecule has 0 bridgehead atoms. The van der Waals surface area contributed by atoms with Crippen LogP contribution in [0.3, 0.4) is 0 Å². The summed E-state index contributed by atoms with van der Waals surface area (Å²) in [6.07, 6.45) is 0. The summed E-state index contributed by atoms with van der Waals surface area (Å²) in [6, 6.07) is 13.3. The molecule has 6 nitrogen and oxygen atoms in total. The minimum Gasteiger partial charge on any atom is -0.347 e. The average Bonchev–Trinajstić information content (AvgIpc) is 2.64. The number of nitrogens with one attached hydrogen (secondary N) is 3.